The Balaban J connectivity index is 2.44. The van der Waals surface area contributed by atoms with E-state index in [1.807, 2.05) is 7.05 Å². The summed E-state index contributed by atoms with van der Waals surface area (Å²) in [4.78, 5) is 12.6. The molecule has 1 saturated heterocycles. The molecule has 0 aromatic rings. The lowest BCUT2D eigenvalue weighted by Crippen LogP contribution is -2.05. The van der Waals surface area contributed by atoms with Crippen LogP contribution in [0.5, 0.6) is 0 Å². The molecule has 1 heterocycles. The van der Waals surface area contributed by atoms with Crippen molar-refractivity contribution in [3.63, 3.8) is 0 Å². The van der Waals surface area contributed by atoms with Gasteiger partial charge in [0.2, 0.25) is 0 Å². The van der Waals surface area contributed by atoms with Crippen LogP contribution in [0.3, 0.4) is 0 Å². The number of carbonyl (C=O) groups excluding carboxylic acids is 1. The molecular weight excluding hydrogens is 102 g/mol. The van der Waals surface area contributed by atoms with Gasteiger partial charge >= 0.3 is 0 Å². The maximum atomic E-state index is 10.6. The van der Waals surface area contributed by atoms with Crippen LogP contribution in [0.2, 0.25) is 0 Å². The minimum Gasteiger partial charge on any atom is -0.298 e. The van der Waals surface area contributed by atoms with Crippen molar-refractivity contribution in [1.82, 2.24) is 4.90 Å². The number of likely N-dealkylation sites (N-methyl/N-ethyl adjacent to an activating group) is 1. The molecule has 0 aromatic carbocycles. The molecule has 0 spiro atoms. The van der Waals surface area contributed by atoms with E-state index in [4.69, 9.17) is 0 Å². The van der Waals surface area contributed by atoms with Crippen molar-refractivity contribution >= 4 is 5.78 Å². The van der Waals surface area contributed by atoms with Gasteiger partial charge in [-0.2, -0.15) is 0 Å². The van der Waals surface area contributed by atoms with Crippen LogP contribution in [0.15, 0.2) is 0 Å². The Kier molecular flexibility index (Phi) is 1.12. The van der Waals surface area contributed by atoms with Crippen LogP contribution in [0.4, 0.5) is 0 Å². The highest BCUT2D eigenvalue weighted by atomic mass is 16.1. The smallest absolute Gasteiger partial charge is 0.148 e. The van der Waals surface area contributed by atoms with Crippen molar-refractivity contribution in [2.75, 3.05) is 7.05 Å². The van der Waals surface area contributed by atoms with Crippen molar-refractivity contribution in [3.05, 3.63) is 0 Å². The highest BCUT2D eigenvalue weighted by Gasteiger charge is 2.43. The van der Waals surface area contributed by atoms with Gasteiger partial charge in [-0.1, -0.05) is 0 Å². The van der Waals surface area contributed by atoms with E-state index in [0.29, 0.717) is 11.8 Å². The zero-order valence-electron chi connectivity index (χ0n) is 5.51. The first-order valence-corrected chi connectivity index (χ1v) is 2.87. The summed E-state index contributed by atoms with van der Waals surface area (Å²) in [6.07, 6.45) is 0. The number of ketones is 1. The van der Waals surface area contributed by atoms with Gasteiger partial charge in [-0.05, 0) is 20.9 Å². The molecule has 0 amide bonds. The molecule has 46 valence electrons. The van der Waals surface area contributed by atoms with Crippen LogP contribution in [0, 0.1) is 0 Å². The Morgan fingerprint density at radius 3 is 2.00 bits per heavy atom. The number of Topliss-reactive ketones (excluding diaryl/α,β-unsaturated/α-hetero) is 1. The van der Waals surface area contributed by atoms with E-state index in [-0.39, 0.29) is 6.04 Å². The fraction of sp³-hybridized carbons (Fsp3) is 0.833. The summed E-state index contributed by atoms with van der Waals surface area (Å²) in [6, 6.07) is 0.725. The van der Waals surface area contributed by atoms with Crippen LogP contribution < -0.4 is 0 Å². The molecule has 3 atom stereocenters. The third-order valence-corrected chi connectivity index (χ3v) is 1.86. The Morgan fingerprint density at radius 1 is 1.62 bits per heavy atom. The molecule has 1 aliphatic rings. The third-order valence-electron chi connectivity index (χ3n) is 1.86. The van der Waals surface area contributed by atoms with Crippen molar-refractivity contribution in [2.24, 2.45) is 0 Å². The van der Waals surface area contributed by atoms with Gasteiger partial charge in [-0.25, -0.2) is 0 Å². The predicted octanol–water partition coefficient (Wildman–Crippen LogP) is 0.278. The van der Waals surface area contributed by atoms with Crippen molar-refractivity contribution in [2.45, 2.75) is 25.9 Å². The number of hydrogen-bond acceptors (Lipinski definition) is 2. The summed E-state index contributed by atoms with van der Waals surface area (Å²) in [5.74, 6) is 0.292. The highest BCUT2D eigenvalue weighted by molar-refractivity contribution is 5.85. The van der Waals surface area contributed by atoms with Gasteiger partial charge < -0.3 is 0 Å². The minimum atomic E-state index is 0.231. The topological polar surface area (TPSA) is 20.1 Å². The fourth-order valence-corrected chi connectivity index (χ4v) is 1.12. The lowest BCUT2D eigenvalue weighted by molar-refractivity contribution is -0.117. The van der Waals surface area contributed by atoms with Crippen LogP contribution in [0.25, 0.3) is 0 Å². The van der Waals surface area contributed by atoms with Crippen LogP contribution in [-0.2, 0) is 4.79 Å². The summed E-state index contributed by atoms with van der Waals surface area (Å²) in [5.41, 5.74) is 0. The standard InChI is InChI=1S/C6H11NO/c1-4-6(5(2)8)7(4)3/h4,6H,1-3H3/t4-,6+,7?/m1/s1. The fourth-order valence-electron chi connectivity index (χ4n) is 1.12. The van der Waals surface area contributed by atoms with Crippen molar-refractivity contribution in [3.8, 4) is 0 Å². The molecular formula is C6H11NO. The molecule has 1 fully saturated rings. The summed E-state index contributed by atoms with van der Waals surface area (Å²) >= 11 is 0. The number of carbonyl (C=O) groups is 1. The van der Waals surface area contributed by atoms with E-state index >= 15 is 0 Å². The van der Waals surface area contributed by atoms with E-state index < -0.39 is 0 Å². The zero-order chi connectivity index (χ0) is 6.31. The third kappa shape index (κ3) is 0.650. The van der Waals surface area contributed by atoms with Gasteiger partial charge in [-0.15, -0.1) is 0 Å². The maximum Gasteiger partial charge on any atom is 0.148 e. The van der Waals surface area contributed by atoms with Gasteiger partial charge in [0, 0.05) is 6.04 Å². The van der Waals surface area contributed by atoms with Gasteiger partial charge in [0.05, 0.1) is 6.04 Å². The second-order valence-corrected chi connectivity index (χ2v) is 2.46. The lowest BCUT2D eigenvalue weighted by atomic mass is 10.3. The number of nitrogens with zero attached hydrogens (tertiary/aromatic N) is 1. The molecule has 2 heteroatoms. The van der Waals surface area contributed by atoms with Crippen LogP contribution in [0.1, 0.15) is 13.8 Å². The van der Waals surface area contributed by atoms with E-state index in [0.717, 1.165) is 0 Å². The molecule has 1 aliphatic heterocycles. The first-order chi connectivity index (χ1) is 3.64. The SMILES string of the molecule is CC(=O)[C@@H]1[C@@H](C)N1C. The molecule has 1 rings (SSSR count). The van der Waals surface area contributed by atoms with Crippen molar-refractivity contribution < 1.29 is 4.79 Å². The molecule has 0 saturated carbocycles. The van der Waals surface area contributed by atoms with Gasteiger partial charge in [0.25, 0.3) is 0 Å². The molecule has 1 unspecified atom stereocenters. The molecule has 0 N–H and O–H groups in total. The van der Waals surface area contributed by atoms with E-state index in [1.54, 1.807) is 6.92 Å². The second-order valence-electron chi connectivity index (χ2n) is 2.46. The van der Waals surface area contributed by atoms with E-state index in [9.17, 15) is 4.79 Å². The highest BCUT2D eigenvalue weighted by Crippen LogP contribution is 2.24. The maximum absolute atomic E-state index is 10.6. The summed E-state index contributed by atoms with van der Waals surface area (Å²) < 4.78 is 0. The normalized spacial score (nSPS) is 44.1. The molecule has 0 aliphatic carbocycles. The Labute approximate surface area is 49.5 Å². The van der Waals surface area contributed by atoms with Gasteiger partial charge in [-0.3, -0.25) is 9.69 Å². The van der Waals surface area contributed by atoms with E-state index in [2.05, 4.69) is 11.8 Å². The van der Waals surface area contributed by atoms with Crippen LogP contribution >= 0.6 is 0 Å². The lowest BCUT2D eigenvalue weighted by Gasteiger charge is -1.83. The minimum absolute atomic E-state index is 0.231. The quantitative estimate of drug-likeness (QED) is 0.455. The van der Waals surface area contributed by atoms with Gasteiger partial charge in [0.1, 0.15) is 5.78 Å². The molecule has 0 bridgehead atoms. The molecule has 2 nitrogen and oxygen atoms in total. The molecule has 0 aromatic heterocycles. The van der Waals surface area contributed by atoms with Crippen molar-refractivity contribution in [1.29, 1.82) is 0 Å². The first-order valence-electron chi connectivity index (χ1n) is 2.87. The van der Waals surface area contributed by atoms with Gasteiger partial charge in [0.15, 0.2) is 0 Å². The summed E-state index contributed by atoms with van der Waals surface area (Å²) in [7, 11) is 1.97. The summed E-state index contributed by atoms with van der Waals surface area (Å²) in [6.45, 7) is 3.71. The number of hydrogen-bond donors (Lipinski definition) is 0. The predicted molar refractivity (Wildman–Crippen MR) is 31.7 cm³/mol. The Hall–Kier alpha value is -0.370. The Bertz CT molecular complexity index is 114. The largest absolute Gasteiger partial charge is 0.298 e. The summed E-state index contributed by atoms with van der Waals surface area (Å²) in [5, 5.41) is 0. The molecule has 0 radical (unpaired) electrons. The Morgan fingerprint density at radius 2 is 2.00 bits per heavy atom. The molecule has 8 heavy (non-hydrogen) atoms. The average Bonchev–Trinajstić information content (AvgIpc) is 2.15. The van der Waals surface area contributed by atoms with E-state index in [1.165, 1.54) is 0 Å². The van der Waals surface area contributed by atoms with Crippen LogP contribution in [-0.4, -0.2) is 29.8 Å². The number of rotatable bonds is 1. The average molecular weight is 113 g/mol. The second kappa shape index (κ2) is 1.55. The zero-order valence-corrected chi connectivity index (χ0v) is 5.51. The first kappa shape index (κ1) is 5.76. The monoisotopic (exact) mass is 113 g/mol.